The van der Waals surface area contributed by atoms with Crippen molar-refractivity contribution in [2.45, 2.75) is 32.6 Å². The summed E-state index contributed by atoms with van der Waals surface area (Å²) in [6.07, 6.45) is 3.35. The molecule has 5 nitrogen and oxygen atoms in total. The number of urea groups is 1. The van der Waals surface area contributed by atoms with E-state index in [-0.39, 0.29) is 19.0 Å². The number of carboxylic acids is 1. The van der Waals surface area contributed by atoms with Crippen molar-refractivity contribution in [1.29, 1.82) is 0 Å². The van der Waals surface area contributed by atoms with Crippen molar-refractivity contribution in [3.63, 3.8) is 0 Å². The van der Waals surface area contributed by atoms with Crippen molar-refractivity contribution in [3.05, 3.63) is 0 Å². The molecule has 0 spiro atoms. The molecule has 17 heavy (non-hydrogen) atoms. The second-order valence-corrected chi connectivity index (χ2v) is 4.71. The minimum Gasteiger partial charge on any atom is -0.481 e. The molecule has 98 valence electrons. The van der Waals surface area contributed by atoms with E-state index < -0.39 is 5.97 Å². The lowest BCUT2D eigenvalue weighted by Gasteiger charge is -2.34. The maximum absolute atomic E-state index is 12.0. The molecule has 0 bridgehead atoms. The number of amides is 2. The van der Waals surface area contributed by atoms with E-state index in [1.807, 2.05) is 4.90 Å². The van der Waals surface area contributed by atoms with Crippen LogP contribution in [0.2, 0.25) is 0 Å². The van der Waals surface area contributed by atoms with Gasteiger partial charge in [0.2, 0.25) is 0 Å². The third-order valence-electron chi connectivity index (χ3n) is 3.35. The van der Waals surface area contributed by atoms with Crippen LogP contribution < -0.4 is 0 Å². The molecule has 1 rings (SSSR count). The molecule has 2 amide bonds. The topological polar surface area (TPSA) is 60.9 Å². The van der Waals surface area contributed by atoms with E-state index in [0.29, 0.717) is 5.92 Å². The predicted molar refractivity (Wildman–Crippen MR) is 64.9 cm³/mol. The van der Waals surface area contributed by atoms with Crippen LogP contribution in [0, 0.1) is 5.92 Å². The van der Waals surface area contributed by atoms with Crippen molar-refractivity contribution in [2.24, 2.45) is 5.92 Å². The quantitative estimate of drug-likeness (QED) is 0.815. The first-order chi connectivity index (χ1) is 8.04. The van der Waals surface area contributed by atoms with Gasteiger partial charge in [-0.25, -0.2) is 4.79 Å². The van der Waals surface area contributed by atoms with Crippen molar-refractivity contribution in [2.75, 3.05) is 26.7 Å². The lowest BCUT2D eigenvalue weighted by atomic mass is 9.96. The summed E-state index contributed by atoms with van der Waals surface area (Å²) in [5.74, 6) is -0.268. The average molecular weight is 242 g/mol. The lowest BCUT2D eigenvalue weighted by molar-refractivity contribution is -0.137. The Balaban J connectivity index is 2.42. The van der Waals surface area contributed by atoms with Crippen LogP contribution in [0.25, 0.3) is 0 Å². The van der Waals surface area contributed by atoms with Crippen molar-refractivity contribution in [3.8, 4) is 0 Å². The summed E-state index contributed by atoms with van der Waals surface area (Å²) in [5.41, 5.74) is 0. The highest BCUT2D eigenvalue weighted by atomic mass is 16.4. The van der Waals surface area contributed by atoms with Gasteiger partial charge in [0.15, 0.2) is 0 Å². The fourth-order valence-electron chi connectivity index (χ4n) is 2.17. The molecule has 1 fully saturated rings. The number of nitrogens with zero attached hydrogens (tertiary/aromatic N) is 2. The van der Waals surface area contributed by atoms with Crippen molar-refractivity contribution < 1.29 is 14.7 Å². The number of aliphatic carboxylic acids is 1. The van der Waals surface area contributed by atoms with Crippen LogP contribution in [0.3, 0.4) is 0 Å². The molecule has 1 N–H and O–H groups in total. The Morgan fingerprint density at radius 3 is 2.76 bits per heavy atom. The minimum absolute atomic E-state index is 0.00723. The Morgan fingerprint density at radius 1 is 1.47 bits per heavy atom. The number of hydrogen-bond acceptors (Lipinski definition) is 2. The highest BCUT2D eigenvalue weighted by molar-refractivity contribution is 5.75. The van der Waals surface area contributed by atoms with Crippen LogP contribution >= 0.6 is 0 Å². The van der Waals surface area contributed by atoms with E-state index in [1.165, 1.54) is 11.3 Å². The molecule has 1 aliphatic heterocycles. The van der Waals surface area contributed by atoms with E-state index in [0.717, 1.165) is 25.9 Å². The summed E-state index contributed by atoms with van der Waals surface area (Å²) in [6.45, 7) is 4.04. The monoisotopic (exact) mass is 242 g/mol. The molecule has 1 heterocycles. The Labute approximate surface area is 102 Å². The number of rotatable bonds is 4. The summed E-state index contributed by atoms with van der Waals surface area (Å²) in [4.78, 5) is 25.8. The van der Waals surface area contributed by atoms with Gasteiger partial charge in [-0.2, -0.15) is 0 Å². The van der Waals surface area contributed by atoms with Gasteiger partial charge in [0.25, 0.3) is 0 Å². The fraction of sp³-hybridized carbons (Fsp3) is 0.833. The zero-order valence-corrected chi connectivity index (χ0v) is 10.7. The van der Waals surface area contributed by atoms with Gasteiger partial charge < -0.3 is 14.9 Å². The number of hydrogen-bond donors (Lipinski definition) is 1. The van der Waals surface area contributed by atoms with Gasteiger partial charge in [0.05, 0.1) is 6.42 Å². The number of carbonyl (C=O) groups is 2. The van der Waals surface area contributed by atoms with Gasteiger partial charge in [-0.1, -0.05) is 13.3 Å². The molecule has 1 atom stereocenters. The predicted octanol–water partition coefficient (Wildman–Crippen LogP) is 1.63. The zero-order valence-electron chi connectivity index (χ0n) is 10.7. The highest BCUT2D eigenvalue weighted by Gasteiger charge is 2.24. The van der Waals surface area contributed by atoms with E-state index >= 15 is 0 Å². The number of piperidine rings is 1. The Hall–Kier alpha value is -1.26. The fourth-order valence-corrected chi connectivity index (χ4v) is 2.17. The molecule has 0 aliphatic carbocycles. The molecule has 1 aliphatic rings. The molecular formula is C12H22N2O3. The number of likely N-dealkylation sites (tertiary alicyclic amines) is 1. The molecule has 0 aromatic heterocycles. The van der Waals surface area contributed by atoms with Crippen LogP contribution in [0.1, 0.15) is 32.6 Å². The van der Waals surface area contributed by atoms with E-state index in [9.17, 15) is 9.59 Å². The van der Waals surface area contributed by atoms with E-state index in [1.54, 1.807) is 7.05 Å². The Morgan fingerprint density at radius 2 is 2.18 bits per heavy atom. The average Bonchev–Trinajstić information content (AvgIpc) is 2.35. The second kappa shape index (κ2) is 6.47. The molecule has 1 unspecified atom stereocenters. The van der Waals surface area contributed by atoms with Gasteiger partial charge >= 0.3 is 12.0 Å². The van der Waals surface area contributed by atoms with Gasteiger partial charge in [-0.3, -0.25) is 4.79 Å². The van der Waals surface area contributed by atoms with Gasteiger partial charge in [0.1, 0.15) is 0 Å². The van der Waals surface area contributed by atoms with Crippen molar-refractivity contribution in [1.82, 2.24) is 9.80 Å². The minimum atomic E-state index is -0.866. The lowest BCUT2D eigenvalue weighted by Crippen LogP contribution is -2.46. The molecule has 0 saturated carbocycles. The maximum atomic E-state index is 12.0. The molecule has 0 aromatic rings. The van der Waals surface area contributed by atoms with Gasteiger partial charge in [-0.15, -0.1) is 0 Å². The summed E-state index contributed by atoms with van der Waals surface area (Å²) in [6, 6.07) is -0.0376. The normalized spacial score (nSPS) is 20.1. The largest absolute Gasteiger partial charge is 0.481 e. The Kier molecular flexibility index (Phi) is 5.25. The van der Waals surface area contributed by atoms with E-state index in [4.69, 9.17) is 5.11 Å². The van der Waals surface area contributed by atoms with Crippen LogP contribution in [0.15, 0.2) is 0 Å². The third-order valence-corrected chi connectivity index (χ3v) is 3.35. The Bertz CT molecular complexity index is 281. The SMILES string of the molecule is CCC1CCCN(C(=O)N(C)CCC(=O)O)C1. The standard InChI is InChI=1S/C12H22N2O3/c1-3-10-5-4-7-14(9-10)12(17)13(2)8-6-11(15)16/h10H,3-9H2,1-2H3,(H,15,16). The van der Waals surface area contributed by atoms with Gasteiger partial charge in [-0.05, 0) is 18.8 Å². The van der Waals surface area contributed by atoms with E-state index in [2.05, 4.69) is 6.92 Å². The third kappa shape index (κ3) is 4.24. The van der Waals surface area contributed by atoms with Crippen LogP contribution in [-0.2, 0) is 4.79 Å². The summed E-state index contributed by atoms with van der Waals surface area (Å²) in [5, 5.41) is 8.58. The number of carboxylic acid groups (broad SMARTS) is 1. The molecule has 0 aromatic carbocycles. The molecule has 5 heteroatoms. The molecular weight excluding hydrogens is 220 g/mol. The first-order valence-electron chi connectivity index (χ1n) is 6.26. The highest BCUT2D eigenvalue weighted by Crippen LogP contribution is 2.19. The molecule has 1 saturated heterocycles. The first-order valence-corrected chi connectivity index (χ1v) is 6.26. The van der Waals surface area contributed by atoms with Crippen LogP contribution in [-0.4, -0.2) is 53.6 Å². The van der Waals surface area contributed by atoms with Crippen LogP contribution in [0.5, 0.6) is 0 Å². The first kappa shape index (κ1) is 13.8. The maximum Gasteiger partial charge on any atom is 0.319 e. The second-order valence-electron chi connectivity index (χ2n) is 4.71. The number of carbonyl (C=O) groups excluding carboxylic acids is 1. The molecule has 0 radical (unpaired) electrons. The summed E-state index contributed by atoms with van der Waals surface area (Å²) < 4.78 is 0. The summed E-state index contributed by atoms with van der Waals surface area (Å²) in [7, 11) is 1.67. The zero-order chi connectivity index (χ0) is 12.8. The van der Waals surface area contributed by atoms with Crippen LogP contribution in [0.4, 0.5) is 4.79 Å². The van der Waals surface area contributed by atoms with Crippen molar-refractivity contribution >= 4 is 12.0 Å². The summed E-state index contributed by atoms with van der Waals surface area (Å²) >= 11 is 0. The smallest absolute Gasteiger partial charge is 0.319 e. The van der Waals surface area contributed by atoms with Gasteiger partial charge in [0, 0.05) is 26.7 Å².